The van der Waals surface area contributed by atoms with Crippen molar-refractivity contribution in [2.24, 2.45) is 0 Å². The maximum Gasteiger partial charge on any atom is 0.251 e. The van der Waals surface area contributed by atoms with Gasteiger partial charge in [-0.1, -0.05) is 0 Å². The number of ether oxygens (including phenoxy) is 1. The summed E-state index contributed by atoms with van der Waals surface area (Å²) in [7, 11) is 0. The molecule has 0 bridgehead atoms. The van der Waals surface area contributed by atoms with Gasteiger partial charge < -0.3 is 20.3 Å². The standard InChI is InChI=1S/C20H25N5O3/c1-2-28-17-8-6-15(7-9-17)19(27)23-13-18(26)24-16-5-3-12-25(14-16)20-21-10-4-11-22-20/h4,6-11,16H,2-3,5,12-14H2,1H3,(H,23,27)(H,24,26). The number of anilines is 1. The predicted octanol–water partition coefficient (Wildman–Crippen LogP) is 1.39. The Balaban J connectivity index is 1.45. The molecule has 8 heteroatoms. The number of aromatic nitrogens is 2. The molecule has 0 aliphatic carbocycles. The zero-order chi connectivity index (χ0) is 19.8. The Labute approximate surface area is 164 Å². The van der Waals surface area contributed by atoms with Gasteiger partial charge in [0.25, 0.3) is 5.91 Å². The molecule has 1 saturated heterocycles. The summed E-state index contributed by atoms with van der Waals surface area (Å²) >= 11 is 0. The SMILES string of the molecule is CCOc1ccc(C(=O)NCC(=O)NC2CCCN(c3ncccn3)C2)cc1. The smallest absolute Gasteiger partial charge is 0.251 e. The van der Waals surface area contributed by atoms with Crippen LogP contribution in [0.3, 0.4) is 0 Å². The molecule has 1 unspecified atom stereocenters. The molecular formula is C20H25N5O3. The molecule has 1 aromatic carbocycles. The van der Waals surface area contributed by atoms with Crippen molar-refractivity contribution in [2.75, 3.05) is 31.1 Å². The molecule has 1 atom stereocenters. The van der Waals surface area contributed by atoms with Crippen LogP contribution < -0.4 is 20.3 Å². The summed E-state index contributed by atoms with van der Waals surface area (Å²) in [4.78, 5) is 35.0. The van der Waals surface area contributed by atoms with E-state index < -0.39 is 0 Å². The van der Waals surface area contributed by atoms with E-state index in [1.165, 1.54) is 0 Å². The lowest BCUT2D eigenvalue weighted by Crippen LogP contribution is -2.50. The van der Waals surface area contributed by atoms with E-state index >= 15 is 0 Å². The first-order chi connectivity index (χ1) is 13.7. The van der Waals surface area contributed by atoms with Crippen molar-refractivity contribution < 1.29 is 14.3 Å². The molecule has 28 heavy (non-hydrogen) atoms. The number of amides is 2. The fourth-order valence-electron chi connectivity index (χ4n) is 3.14. The summed E-state index contributed by atoms with van der Waals surface area (Å²) in [6.07, 6.45) is 5.26. The van der Waals surface area contributed by atoms with Gasteiger partial charge in [-0.2, -0.15) is 0 Å². The molecule has 2 aromatic rings. The van der Waals surface area contributed by atoms with Crippen LogP contribution in [0.1, 0.15) is 30.1 Å². The number of nitrogens with zero attached hydrogens (tertiary/aromatic N) is 3. The summed E-state index contributed by atoms with van der Waals surface area (Å²) in [6, 6.07) is 8.61. The Kier molecular flexibility index (Phi) is 6.78. The van der Waals surface area contributed by atoms with Crippen LogP contribution in [-0.2, 0) is 4.79 Å². The van der Waals surface area contributed by atoms with E-state index in [1.54, 1.807) is 42.7 Å². The zero-order valence-electron chi connectivity index (χ0n) is 15.9. The summed E-state index contributed by atoms with van der Waals surface area (Å²) < 4.78 is 5.36. The Hall–Kier alpha value is -3.16. The summed E-state index contributed by atoms with van der Waals surface area (Å²) in [5.41, 5.74) is 0.487. The number of carbonyl (C=O) groups is 2. The summed E-state index contributed by atoms with van der Waals surface area (Å²) in [5.74, 6) is 0.882. The number of hydrogen-bond acceptors (Lipinski definition) is 6. The van der Waals surface area contributed by atoms with Gasteiger partial charge >= 0.3 is 0 Å². The van der Waals surface area contributed by atoms with Gasteiger partial charge in [0.1, 0.15) is 5.75 Å². The molecule has 3 rings (SSSR count). The first-order valence-corrected chi connectivity index (χ1v) is 9.48. The second-order valence-corrected chi connectivity index (χ2v) is 6.54. The van der Waals surface area contributed by atoms with Crippen LogP contribution in [0.4, 0.5) is 5.95 Å². The highest BCUT2D eigenvalue weighted by Crippen LogP contribution is 2.15. The van der Waals surface area contributed by atoms with Crippen molar-refractivity contribution in [2.45, 2.75) is 25.8 Å². The maximum atomic E-state index is 12.2. The van der Waals surface area contributed by atoms with E-state index in [9.17, 15) is 9.59 Å². The average Bonchev–Trinajstić information content (AvgIpc) is 2.74. The van der Waals surface area contributed by atoms with Crippen LogP contribution in [0.2, 0.25) is 0 Å². The van der Waals surface area contributed by atoms with Gasteiger partial charge in [0.15, 0.2) is 0 Å². The van der Waals surface area contributed by atoms with Crippen molar-refractivity contribution in [3.05, 3.63) is 48.3 Å². The normalized spacial score (nSPS) is 16.3. The van der Waals surface area contributed by atoms with Crippen LogP contribution in [0, 0.1) is 0 Å². The van der Waals surface area contributed by atoms with Gasteiger partial charge in [-0.15, -0.1) is 0 Å². The van der Waals surface area contributed by atoms with Crippen LogP contribution in [0.5, 0.6) is 5.75 Å². The second kappa shape index (κ2) is 9.68. The molecule has 2 heterocycles. The van der Waals surface area contributed by atoms with Crippen LogP contribution in [0.15, 0.2) is 42.7 Å². The van der Waals surface area contributed by atoms with Crippen LogP contribution in [0.25, 0.3) is 0 Å². The number of nitrogens with one attached hydrogen (secondary N) is 2. The molecule has 2 N–H and O–H groups in total. The number of rotatable bonds is 7. The molecule has 0 radical (unpaired) electrons. The maximum absolute atomic E-state index is 12.2. The van der Waals surface area contributed by atoms with Gasteiger partial charge in [-0.05, 0) is 50.1 Å². The lowest BCUT2D eigenvalue weighted by Gasteiger charge is -2.33. The Morgan fingerprint density at radius 2 is 1.96 bits per heavy atom. The van der Waals surface area contributed by atoms with Gasteiger partial charge in [0, 0.05) is 37.1 Å². The van der Waals surface area contributed by atoms with E-state index in [0.717, 1.165) is 19.4 Å². The third-order valence-electron chi connectivity index (χ3n) is 4.46. The third kappa shape index (κ3) is 5.42. The number of benzene rings is 1. The molecule has 8 nitrogen and oxygen atoms in total. The number of hydrogen-bond donors (Lipinski definition) is 2. The van der Waals surface area contributed by atoms with E-state index in [0.29, 0.717) is 30.4 Å². The molecule has 1 aliphatic rings. The molecular weight excluding hydrogens is 358 g/mol. The molecule has 2 amide bonds. The zero-order valence-corrected chi connectivity index (χ0v) is 15.9. The number of piperidine rings is 1. The fraction of sp³-hybridized carbons (Fsp3) is 0.400. The summed E-state index contributed by atoms with van der Waals surface area (Å²) in [6.45, 7) is 3.93. The van der Waals surface area contributed by atoms with Crippen molar-refractivity contribution in [1.82, 2.24) is 20.6 Å². The molecule has 0 saturated carbocycles. The Morgan fingerprint density at radius 3 is 2.68 bits per heavy atom. The van der Waals surface area contributed by atoms with Crippen molar-refractivity contribution in [3.8, 4) is 5.75 Å². The fourth-order valence-corrected chi connectivity index (χ4v) is 3.14. The molecule has 0 spiro atoms. The highest BCUT2D eigenvalue weighted by molar-refractivity contribution is 5.96. The lowest BCUT2D eigenvalue weighted by molar-refractivity contribution is -0.120. The molecule has 148 valence electrons. The van der Waals surface area contributed by atoms with Gasteiger partial charge in [-0.25, -0.2) is 9.97 Å². The molecule has 1 fully saturated rings. The van der Waals surface area contributed by atoms with Crippen molar-refractivity contribution in [1.29, 1.82) is 0 Å². The predicted molar refractivity (Wildman–Crippen MR) is 105 cm³/mol. The van der Waals surface area contributed by atoms with Gasteiger partial charge in [-0.3, -0.25) is 9.59 Å². The minimum atomic E-state index is -0.291. The monoisotopic (exact) mass is 383 g/mol. The topological polar surface area (TPSA) is 96.4 Å². The van der Waals surface area contributed by atoms with Gasteiger partial charge in [0.2, 0.25) is 11.9 Å². The van der Waals surface area contributed by atoms with E-state index in [1.807, 2.05) is 6.92 Å². The second-order valence-electron chi connectivity index (χ2n) is 6.54. The average molecular weight is 383 g/mol. The number of carbonyl (C=O) groups excluding carboxylic acids is 2. The van der Waals surface area contributed by atoms with Crippen LogP contribution in [-0.4, -0.2) is 54.1 Å². The van der Waals surface area contributed by atoms with E-state index in [2.05, 4.69) is 25.5 Å². The quantitative estimate of drug-likeness (QED) is 0.750. The van der Waals surface area contributed by atoms with E-state index in [4.69, 9.17) is 4.74 Å². The lowest BCUT2D eigenvalue weighted by atomic mass is 10.1. The molecule has 1 aromatic heterocycles. The first-order valence-electron chi connectivity index (χ1n) is 9.48. The largest absolute Gasteiger partial charge is 0.494 e. The minimum Gasteiger partial charge on any atom is -0.494 e. The van der Waals surface area contributed by atoms with Crippen LogP contribution >= 0.6 is 0 Å². The van der Waals surface area contributed by atoms with Gasteiger partial charge in [0.05, 0.1) is 13.2 Å². The molecule has 1 aliphatic heterocycles. The highest BCUT2D eigenvalue weighted by atomic mass is 16.5. The van der Waals surface area contributed by atoms with Crippen molar-refractivity contribution in [3.63, 3.8) is 0 Å². The van der Waals surface area contributed by atoms with E-state index in [-0.39, 0.29) is 24.4 Å². The first kappa shape index (κ1) is 19.6. The van der Waals surface area contributed by atoms with Crippen molar-refractivity contribution >= 4 is 17.8 Å². The minimum absolute atomic E-state index is 0.00688. The Bertz CT molecular complexity index is 782. The summed E-state index contributed by atoms with van der Waals surface area (Å²) in [5, 5.41) is 5.63. The Morgan fingerprint density at radius 1 is 1.21 bits per heavy atom. The highest BCUT2D eigenvalue weighted by Gasteiger charge is 2.23. The third-order valence-corrected chi connectivity index (χ3v) is 4.46.